The maximum Gasteiger partial charge on any atom is 0.119 e. The van der Waals surface area contributed by atoms with Crippen LogP contribution in [0.3, 0.4) is 0 Å². The number of hydrogen-bond acceptors (Lipinski definition) is 2. The summed E-state index contributed by atoms with van der Waals surface area (Å²) in [7, 11) is 3.70. The summed E-state index contributed by atoms with van der Waals surface area (Å²) in [6.45, 7) is 2.10. The van der Waals surface area contributed by atoms with Crippen LogP contribution in [-0.4, -0.2) is 14.2 Å². The molecule has 0 bridgehead atoms. The number of methoxy groups -OCH3 is 1. The molecule has 1 atom stereocenters. The number of aryl methyl sites for hydroxylation is 1. The number of likely N-dealkylation sites (N-methyl/N-ethyl adjacent to an activating group) is 1. The van der Waals surface area contributed by atoms with E-state index in [4.69, 9.17) is 4.74 Å². The minimum absolute atomic E-state index is 0.291. The molecule has 0 aromatic heterocycles. The number of nitrogens with one attached hydrogen (secondary N) is 1. The predicted octanol–water partition coefficient (Wildman–Crippen LogP) is 4.27. The van der Waals surface area contributed by atoms with E-state index in [1.54, 1.807) is 7.11 Å². The Morgan fingerprint density at radius 2 is 2.00 bits per heavy atom. The molecule has 1 unspecified atom stereocenters. The van der Waals surface area contributed by atoms with Crippen molar-refractivity contribution in [1.82, 2.24) is 5.32 Å². The zero-order valence-corrected chi connectivity index (χ0v) is 13.7. The lowest BCUT2D eigenvalue weighted by Crippen LogP contribution is -2.18. The molecule has 0 aliphatic carbocycles. The molecule has 0 saturated heterocycles. The number of benzene rings is 2. The van der Waals surface area contributed by atoms with Crippen LogP contribution in [0.2, 0.25) is 0 Å². The minimum Gasteiger partial charge on any atom is -0.497 e. The summed E-state index contributed by atoms with van der Waals surface area (Å²) in [6.07, 6.45) is 0.934. The molecule has 2 nitrogen and oxygen atoms in total. The van der Waals surface area contributed by atoms with Crippen molar-refractivity contribution >= 4 is 15.9 Å². The Balaban J connectivity index is 2.21. The van der Waals surface area contributed by atoms with Crippen molar-refractivity contribution in [1.29, 1.82) is 0 Å². The van der Waals surface area contributed by atoms with Gasteiger partial charge in [0, 0.05) is 10.5 Å². The number of ether oxygens (including phenoxy) is 1. The minimum atomic E-state index is 0.291. The second-order valence-corrected chi connectivity index (χ2v) is 5.76. The lowest BCUT2D eigenvalue weighted by molar-refractivity contribution is 0.414. The molecule has 2 rings (SSSR count). The van der Waals surface area contributed by atoms with E-state index < -0.39 is 0 Å². The van der Waals surface area contributed by atoms with Crippen molar-refractivity contribution in [3.63, 3.8) is 0 Å². The van der Waals surface area contributed by atoms with E-state index in [1.807, 2.05) is 19.2 Å². The topological polar surface area (TPSA) is 21.3 Å². The zero-order valence-electron chi connectivity index (χ0n) is 12.1. The molecule has 2 aromatic rings. The van der Waals surface area contributed by atoms with Crippen LogP contribution in [0.5, 0.6) is 5.75 Å². The molecule has 0 aliphatic heterocycles. The average Bonchev–Trinajstić information content (AvgIpc) is 2.48. The van der Waals surface area contributed by atoms with E-state index in [1.165, 1.54) is 16.7 Å². The van der Waals surface area contributed by atoms with Crippen LogP contribution in [0.4, 0.5) is 0 Å². The molecule has 106 valence electrons. The molecule has 0 spiro atoms. The van der Waals surface area contributed by atoms with Gasteiger partial charge >= 0.3 is 0 Å². The Bertz CT molecular complexity index is 583. The van der Waals surface area contributed by atoms with Crippen LogP contribution in [-0.2, 0) is 6.42 Å². The molecule has 0 radical (unpaired) electrons. The first kappa shape index (κ1) is 15.1. The fourth-order valence-corrected chi connectivity index (χ4v) is 2.64. The molecule has 3 heteroatoms. The number of rotatable bonds is 5. The van der Waals surface area contributed by atoms with Gasteiger partial charge in [0.1, 0.15) is 5.75 Å². The first-order valence-corrected chi connectivity index (χ1v) is 7.49. The summed E-state index contributed by atoms with van der Waals surface area (Å²) in [5.74, 6) is 0.905. The van der Waals surface area contributed by atoms with E-state index in [-0.39, 0.29) is 0 Å². The van der Waals surface area contributed by atoms with Crippen LogP contribution >= 0.6 is 15.9 Å². The Morgan fingerprint density at radius 3 is 2.65 bits per heavy atom. The first-order valence-electron chi connectivity index (χ1n) is 6.70. The van der Waals surface area contributed by atoms with Crippen molar-refractivity contribution in [3.8, 4) is 5.75 Å². The Hall–Kier alpha value is -1.32. The summed E-state index contributed by atoms with van der Waals surface area (Å²) in [4.78, 5) is 0. The van der Waals surface area contributed by atoms with Crippen LogP contribution in [0.25, 0.3) is 0 Å². The van der Waals surface area contributed by atoms with Crippen LogP contribution < -0.4 is 10.1 Å². The molecule has 0 saturated carbocycles. The molecular formula is C17H20BrNO. The van der Waals surface area contributed by atoms with Crippen molar-refractivity contribution in [3.05, 3.63) is 63.6 Å². The quantitative estimate of drug-likeness (QED) is 0.882. The summed E-state index contributed by atoms with van der Waals surface area (Å²) < 4.78 is 6.44. The van der Waals surface area contributed by atoms with Crippen molar-refractivity contribution in [2.24, 2.45) is 0 Å². The Morgan fingerprint density at radius 1 is 1.20 bits per heavy atom. The molecule has 20 heavy (non-hydrogen) atoms. The van der Waals surface area contributed by atoms with Gasteiger partial charge in [-0.05, 0) is 55.3 Å². The second kappa shape index (κ2) is 6.91. The number of halogens is 1. The van der Waals surface area contributed by atoms with Crippen molar-refractivity contribution in [2.75, 3.05) is 14.2 Å². The molecule has 0 fully saturated rings. The van der Waals surface area contributed by atoms with Gasteiger partial charge in [-0.3, -0.25) is 0 Å². The van der Waals surface area contributed by atoms with E-state index in [0.717, 1.165) is 16.6 Å². The standard InChI is InChI=1S/C17H20BrNO/c1-12-7-8-14(11-16(12)18)17(19-2)10-13-5-4-6-15(9-13)20-3/h4-9,11,17,19H,10H2,1-3H3. The highest BCUT2D eigenvalue weighted by molar-refractivity contribution is 9.10. The van der Waals surface area contributed by atoms with Gasteiger partial charge in [-0.25, -0.2) is 0 Å². The molecule has 0 aliphatic rings. The van der Waals surface area contributed by atoms with Gasteiger partial charge in [0.05, 0.1) is 7.11 Å². The SMILES string of the molecule is CNC(Cc1cccc(OC)c1)c1ccc(C)c(Br)c1. The van der Waals surface area contributed by atoms with Crippen LogP contribution in [0.1, 0.15) is 22.7 Å². The van der Waals surface area contributed by atoms with Gasteiger partial charge in [-0.15, -0.1) is 0 Å². The zero-order chi connectivity index (χ0) is 14.5. The van der Waals surface area contributed by atoms with Gasteiger partial charge < -0.3 is 10.1 Å². The third-order valence-electron chi connectivity index (χ3n) is 3.52. The molecule has 0 amide bonds. The van der Waals surface area contributed by atoms with E-state index in [2.05, 4.69) is 58.5 Å². The molecule has 2 aromatic carbocycles. The molecule has 0 heterocycles. The predicted molar refractivity (Wildman–Crippen MR) is 87.4 cm³/mol. The third kappa shape index (κ3) is 3.62. The van der Waals surface area contributed by atoms with Crippen molar-refractivity contribution in [2.45, 2.75) is 19.4 Å². The van der Waals surface area contributed by atoms with E-state index in [9.17, 15) is 0 Å². The summed E-state index contributed by atoms with van der Waals surface area (Å²) in [5.41, 5.74) is 3.80. The van der Waals surface area contributed by atoms with Crippen LogP contribution in [0, 0.1) is 6.92 Å². The maximum absolute atomic E-state index is 5.28. The van der Waals surface area contributed by atoms with Gasteiger partial charge in [-0.2, -0.15) is 0 Å². The first-order chi connectivity index (χ1) is 9.63. The lowest BCUT2D eigenvalue weighted by Gasteiger charge is -2.18. The summed E-state index contributed by atoms with van der Waals surface area (Å²) in [5, 5.41) is 3.39. The highest BCUT2D eigenvalue weighted by atomic mass is 79.9. The van der Waals surface area contributed by atoms with E-state index >= 15 is 0 Å². The van der Waals surface area contributed by atoms with Gasteiger partial charge in [0.2, 0.25) is 0 Å². The third-order valence-corrected chi connectivity index (χ3v) is 4.38. The fraction of sp³-hybridized carbons (Fsp3) is 0.294. The Labute approximate surface area is 129 Å². The molecule has 1 N–H and O–H groups in total. The fourth-order valence-electron chi connectivity index (χ4n) is 2.25. The second-order valence-electron chi connectivity index (χ2n) is 4.91. The van der Waals surface area contributed by atoms with Gasteiger partial charge in [-0.1, -0.05) is 40.2 Å². The summed E-state index contributed by atoms with van der Waals surface area (Å²) >= 11 is 3.60. The van der Waals surface area contributed by atoms with Crippen LogP contribution in [0.15, 0.2) is 46.9 Å². The van der Waals surface area contributed by atoms with Crippen molar-refractivity contribution < 1.29 is 4.74 Å². The largest absolute Gasteiger partial charge is 0.497 e. The highest BCUT2D eigenvalue weighted by Gasteiger charge is 2.11. The smallest absolute Gasteiger partial charge is 0.119 e. The highest BCUT2D eigenvalue weighted by Crippen LogP contribution is 2.25. The normalized spacial score (nSPS) is 12.2. The summed E-state index contributed by atoms with van der Waals surface area (Å²) in [6, 6.07) is 15.0. The van der Waals surface area contributed by atoms with Gasteiger partial charge in [0.15, 0.2) is 0 Å². The average molecular weight is 334 g/mol. The lowest BCUT2D eigenvalue weighted by atomic mass is 9.98. The maximum atomic E-state index is 5.28. The van der Waals surface area contributed by atoms with E-state index in [0.29, 0.717) is 6.04 Å². The molecular weight excluding hydrogens is 314 g/mol. The monoisotopic (exact) mass is 333 g/mol. The van der Waals surface area contributed by atoms with Gasteiger partial charge in [0.25, 0.3) is 0 Å². The Kier molecular flexibility index (Phi) is 5.21. The number of hydrogen-bond donors (Lipinski definition) is 1.